The number of rotatable bonds is 3. The molecule has 5 heteroatoms. The number of aryl methyl sites for hydroxylation is 1. The van der Waals surface area contributed by atoms with Gasteiger partial charge in [-0.1, -0.05) is 18.2 Å². The first kappa shape index (κ1) is 11.0. The Labute approximate surface area is 105 Å². The summed E-state index contributed by atoms with van der Waals surface area (Å²) in [5.41, 5.74) is 8.92. The third-order valence-corrected chi connectivity index (χ3v) is 3.02. The third-order valence-electron chi connectivity index (χ3n) is 3.02. The molecule has 0 saturated carbocycles. The Hall–Kier alpha value is -2.14. The second-order valence-corrected chi connectivity index (χ2v) is 4.35. The van der Waals surface area contributed by atoms with Crippen LogP contribution in [-0.4, -0.2) is 19.6 Å². The van der Waals surface area contributed by atoms with Gasteiger partial charge in [0.2, 0.25) is 0 Å². The van der Waals surface area contributed by atoms with Gasteiger partial charge in [-0.25, -0.2) is 0 Å². The molecule has 0 radical (unpaired) electrons. The second kappa shape index (κ2) is 4.27. The predicted molar refractivity (Wildman–Crippen MR) is 69.9 cm³/mol. The Balaban J connectivity index is 2.06. The molecule has 0 amide bonds. The van der Waals surface area contributed by atoms with Crippen LogP contribution in [0.2, 0.25) is 0 Å². The summed E-state index contributed by atoms with van der Waals surface area (Å²) in [4.78, 5) is 0. The summed E-state index contributed by atoms with van der Waals surface area (Å²) in [6.45, 7) is 1.18. The Kier molecular flexibility index (Phi) is 2.60. The molecular weight excluding hydrogens is 226 g/mol. The quantitative estimate of drug-likeness (QED) is 0.751. The minimum Gasteiger partial charge on any atom is -0.325 e. The fraction of sp³-hybridized carbons (Fsp3) is 0.231. The molecule has 5 nitrogen and oxygen atoms in total. The molecule has 0 saturated heterocycles. The third kappa shape index (κ3) is 1.78. The van der Waals surface area contributed by atoms with E-state index in [1.165, 1.54) is 0 Å². The van der Waals surface area contributed by atoms with E-state index in [1.807, 2.05) is 36.3 Å². The molecule has 0 aliphatic rings. The molecular formula is C13H15N5. The van der Waals surface area contributed by atoms with Crippen LogP contribution in [0.1, 0.15) is 11.3 Å². The van der Waals surface area contributed by atoms with E-state index in [9.17, 15) is 0 Å². The Morgan fingerprint density at radius 1 is 1.28 bits per heavy atom. The van der Waals surface area contributed by atoms with Crippen molar-refractivity contribution >= 4 is 10.9 Å². The normalized spacial score (nSPS) is 11.2. The maximum Gasteiger partial charge on any atom is 0.0839 e. The Bertz CT molecular complexity index is 680. The lowest BCUT2D eigenvalue weighted by molar-refractivity contribution is 0.692. The highest BCUT2D eigenvalue weighted by Gasteiger charge is 2.09. The van der Waals surface area contributed by atoms with Crippen molar-refractivity contribution in [2.75, 3.05) is 0 Å². The van der Waals surface area contributed by atoms with Crippen LogP contribution in [0, 0.1) is 0 Å². The zero-order valence-corrected chi connectivity index (χ0v) is 10.2. The molecule has 18 heavy (non-hydrogen) atoms. The van der Waals surface area contributed by atoms with Crippen LogP contribution < -0.4 is 5.73 Å². The molecule has 3 rings (SSSR count). The molecule has 3 aromatic rings. The standard InChI is InChI=1S/C13H15N5/c1-17-8-10(7-15-17)9-18-13-5-3-2-4-11(13)12(6-14)16-18/h2-5,7-8H,6,9,14H2,1H3. The number of para-hydroxylation sites is 1. The monoisotopic (exact) mass is 241 g/mol. The average Bonchev–Trinajstić information content (AvgIpc) is 2.95. The zero-order valence-electron chi connectivity index (χ0n) is 10.2. The van der Waals surface area contributed by atoms with Gasteiger partial charge < -0.3 is 5.73 Å². The maximum atomic E-state index is 5.73. The van der Waals surface area contributed by atoms with Crippen LogP contribution in [0.3, 0.4) is 0 Å². The van der Waals surface area contributed by atoms with Gasteiger partial charge in [-0.05, 0) is 6.07 Å². The van der Waals surface area contributed by atoms with Crippen LogP contribution >= 0.6 is 0 Å². The van der Waals surface area contributed by atoms with Gasteiger partial charge in [-0.15, -0.1) is 0 Å². The Morgan fingerprint density at radius 2 is 2.11 bits per heavy atom. The fourth-order valence-electron chi connectivity index (χ4n) is 2.19. The number of hydrogen-bond donors (Lipinski definition) is 1. The molecule has 92 valence electrons. The molecule has 2 N–H and O–H groups in total. The summed E-state index contributed by atoms with van der Waals surface area (Å²) in [5, 5.41) is 9.87. The van der Waals surface area contributed by atoms with E-state index >= 15 is 0 Å². The molecule has 0 bridgehead atoms. The molecule has 0 spiro atoms. The van der Waals surface area contributed by atoms with Gasteiger partial charge in [0.15, 0.2) is 0 Å². The largest absolute Gasteiger partial charge is 0.325 e. The van der Waals surface area contributed by atoms with Crippen molar-refractivity contribution in [1.29, 1.82) is 0 Å². The minimum absolute atomic E-state index is 0.459. The summed E-state index contributed by atoms with van der Waals surface area (Å²) < 4.78 is 3.78. The highest BCUT2D eigenvalue weighted by molar-refractivity contribution is 5.81. The lowest BCUT2D eigenvalue weighted by atomic mass is 10.2. The summed E-state index contributed by atoms with van der Waals surface area (Å²) in [5.74, 6) is 0. The van der Waals surface area contributed by atoms with Crippen LogP contribution in [-0.2, 0) is 20.1 Å². The van der Waals surface area contributed by atoms with E-state index in [0.29, 0.717) is 13.1 Å². The van der Waals surface area contributed by atoms with Gasteiger partial charge in [-0.2, -0.15) is 10.2 Å². The molecule has 1 aromatic carbocycles. The SMILES string of the molecule is Cn1cc(Cn2nc(CN)c3ccccc32)cn1. The average molecular weight is 241 g/mol. The van der Waals surface area contributed by atoms with Crippen molar-refractivity contribution in [3.05, 3.63) is 47.9 Å². The smallest absolute Gasteiger partial charge is 0.0839 e. The summed E-state index contributed by atoms with van der Waals surface area (Å²) >= 11 is 0. The van der Waals surface area contributed by atoms with E-state index in [4.69, 9.17) is 5.73 Å². The summed E-state index contributed by atoms with van der Waals surface area (Å²) in [7, 11) is 1.91. The first-order chi connectivity index (χ1) is 8.78. The number of nitrogens with two attached hydrogens (primary N) is 1. The number of aromatic nitrogens is 4. The number of nitrogens with zero attached hydrogens (tertiary/aromatic N) is 4. The predicted octanol–water partition coefficient (Wildman–Crippen LogP) is 1.28. The highest BCUT2D eigenvalue weighted by atomic mass is 15.3. The minimum atomic E-state index is 0.459. The lowest BCUT2D eigenvalue weighted by Crippen LogP contribution is -2.03. The van der Waals surface area contributed by atoms with Crippen molar-refractivity contribution in [2.45, 2.75) is 13.1 Å². The first-order valence-electron chi connectivity index (χ1n) is 5.90. The second-order valence-electron chi connectivity index (χ2n) is 4.35. The molecule has 0 fully saturated rings. The van der Waals surface area contributed by atoms with E-state index in [-0.39, 0.29) is 0 Å². The molecule has 0 aliphatic carbocycles. The van der Waals surface area contributed by atoms with Gasteiger partial charge in [0.1, 0.15) is 0 Å². The van der Waals surface area contributed by atoms with E-state index in [1.54, 1.807) is 4.68 Å². The lowest BCUT2D eigenvalue weighted by Gasteiger charge is -2.00. The van der Waals surface area contributed by atoms with Crippen LogP contribution in [0.25, 0.3) is 10.9 Å². The molecule has 0 aliphatic heterocycles. The first-order valence-corrected chi connectivity index (χ1v) is 5.90. The van der Waals surface area contributed by atoms with Crippen molar-refractivity contribution < 1.29 is 0 Å². The summed E-state index contributed by atoms with van der Waals surface area (Å²) in [6, 6.07) is 8.16. The Morgan fingerprint density at radius 3 is 2.83 bits per heavy atom. The molecule has 0 unspecified atom stereocenters. The molecule has 2 aromatic heterocycles. The molecule has 2 heterocycles. The van der Waals surface area contributed by atoms with E-state index in [0.717, 1.165) is 22.2 Å². The van der Waals surface area contributed by atoms with Gasteiger partial charge >= 0.3 is 0 Å². The van der Waals surface area contributed by atoms with Crippen molar-refractivity contribution in [2.24, 2.45) is 12.8 Å². The van der Waals surface area contributed by atoms with Crippen molar-refractivity contribution in [3.8, 4) is 0 Å². The fourth-order valence-corrected chi connectivity index (χ4v) is 2.19. The number of fused-ring (bicyclic) bond motifs is 1. The van der Waals surface area contributed by atoms with Gasteiger partial charge in [0.05, 0.1) is 24.0 Å². The van der Waals surface area contributed by atoms with Gasteiger partial charge in [0.25, 0.3) is 0 Å². The number of benzene rings is 1. The zero-order chi connectivity index (χ0) is 12.5. The van der Waals surface area contributed by atoms with Gasteiger partial charge in [0, 0.05) is 30.7 Å². The topological polar surface area (TPSA) is 61.7 Å². The van der Waals surface area contributed by atoms with Crippen molar-refractivity contribution in [1.82, 2.24) is 19.6 Å². The number of hydrogen-bond acceptors (Lipinski definition) is 3. The van der Waals surface area contributed by atoms with Crippen LogP contribution in [0.4, 0.5) is 0 Å². The molecule has 0 atom stereocenters. The van der Waals surface area contributed by atoms with Crippen LogP contribution in [0.5, 0.6) is 0 Å². The highest BCUT2D eigenvalue weighted by Crippen LogP contribution is 2.18. The van der Waals surface area contributed by atoms with Gasteiger partial charge in [-0.3, -0.25) is 9.36 Å². The van der Waals surface area contributed by atoms with Crippen LogP contribution in [0.15, 0.2) is 36.7 Å². The maximum absolute atomic E-state index is 5.73. The summed E-state index contributed by atoms with van der Waals surface area (Å²) in [6.07, 6.45) is 3.86. The van der Waals surface area contributed by atoms with Crippen molar-refractivity contribution in [3.63, 3.8) is 0 Å². The van der Waals surface area contributed by atoms with E-state index in [2.05, 4.69) is 22.3 Å². The van der Waals surface area contributed by atoms with E-state index < -0.39 is 0 Å².